The van der Waals surface area contributed by atoms with Crippen LogP contribution in [0.25, 0.3) is 0 Å². The molecule has 1 N–H and O–H groups in total. The van der Waals surface area contributed by atoms with Crippen LogP contribution in [0.5, 0.6) is 5.75 Å². The number of phenolic OH excluding ortho intramolecular Hbond substituents is 1. The van der Waals surface area contributed by atoms with Gasteiger partial charge in [0.05, 0.1) is 16.4 Å². The first-order chi connectivity index (χ1) is 9.65. The van der Waals surface area contributed by atoms with Crippen LogP contribution < -0.4 is 0 Å². The first-order valence-corrected chi connectivity index (χ1v) is 7.55. The van der Waals surface area contributed by atoms with E-state index in [0.717, 1.165) is 22.2 Å². The topological polar surface area (TPSA) is 53.7 Å². The molecule has 1 aromatic carbocycles. The van der Waals surface area contributed by atoms with Crippen LogP contribution in [0.4, 0.5) is 0 Å². The number of benzene rings is 1. The number of halogens is 1. The van der Waals surface area contributed by atoms with Crippen LogP contribution in [0.1, 0.15) is 29.0 Å². The molecular formula is C15H14INO3. The number of aromatic hydroxyl groups is 1. The number of furan rings is 1. The van der Waals surface area contributed by atoms with Gasteiger partial charge in [-0.3, -0.25) is 4.79 Å². The summed E-state index contributed by atoms with van der Waals surface area (Å²) in [5, 5.41) is 9.74. The van der Waals surface area contributed by atoms with Crippen molar-refractivity contribution >= 4 is 28.5 Å². The second-order valence-corrected chi connectivity index (χ2v) is 6.07. The average molecular weight is 383 g/mol. The minimum absolute atomic E-state index is 0.0596. The van der Waals surface area contributed by atoms with Crippen molar-refractivity contribution in [3.8, 4) is 5.75 Å². The molecule has 1 saturated carbocycles. The van der Waals surface area contributed by atoms with E-state index in [4.69, 9.17) is 4.42 Å². The second-order valence-electron chi connectivity index (χ2n) is 4.91. The maximum absolute atomic E-state index is 12.6. The second kappa shape index (κ2) is 5.47. The Balaban J connectivity index is 1.83. The van der Waals surface area contributed by atoms with Crippen molar-refractivity contribution in [1.82, 2.24) is 4.90 Å². The van der Waals surface area contributed by atoms with Crippen LogP contribution in [-0.4, -0.2) is 22.0 Å². The first kappa shape index (κ1) is 13.5. The molecule has 1 heterocycles. The van der Waals surface area contributed by atoms with Gasteiger partial charge in [-0.05, 0) is 65.8 Å². The van der Waals surface area contributed by atoms with Gasteiger partial charge in [-0.25, -0.2) is 0 Å². The van der Waals surface area contributed by atoms with Crippen molar-refractivity contribution in [2.45, 2.75) is 25.4 Å². The highest BCUT2D eigenvalue weighted by atomic mass is 127. The Morgan fingerprint density at radius 2 is 2.20 bits per heavy atom. The lowest BCUT2D eigenvalue weighted by atomic mass is 10.2. The molecule has 0 aliphatic heterocycles. The highest BCUT2D eigenvalue weighted by Crippen LogP contribution is 2.31. The van der Waals surface area contributed by atoms with Gasteiger partial charge in [0.2, 0.25) is 0 Å². The summed E-state index contributed by atoms with van der Waals surface area (Å²) in [6.07, 6.45) is 3.67. The molecule has 0 unspecified atom stereocenters. The van der Waals surface area contributed by atoms with E-state index >= 15 is 0 Å². The summed E-state index contributed by atoms with van der Waals surface area (Å²) in [7, 11) is 0. The summed E-state index contributed by atoms with van der Waals surface area (Å²) in [6, 6.07) is 9.01. The number of amides is 1. The zero-order valence-electron chi connectivity index (χ0n) is 10.8. The Labute approximate surface area is 130 Å². The molecule has 0 saturated heterocycles. The summed E-state index contributed by atoms with van der Waals surface area (Å²) in [5.74, 6) is 0.862. The molecule has 5 heteroatoms. The van der Waals surface area contributed by atoms with Gasteiger partial charge in [-0.1, -0.05) is 0 Å². The zero-order valence-corrected chi connectivity index (χ0v) is 12.9. The average Bonchev–Trinajstić information content (AvgIpc) is 3.15. The Bertz CT molecular complexity index is 620. The Morgan fingerprint density at radius 1 is 1.40 bits per heavy atom. The molecule has 2 aromatic rings. The zero-order chi connectivity index (χ0) is 14.1. The van der Waals surface area contributed by atoms with Crippen molar-refractivity contribution < 1.29 is 14.3 Å². The normalized spacial score (nSPS) is 14.2. The van der Waals surface area contributed by atoms with Crippen LogP contribution >= 0.6 is 22.6 Å². The first-order valence-electron chi connectivity index (χ1n) is 6.47. The predicted molar refractivity (Wildman–Crippen MR) is 82.4 cm³/mol. The molecule has 104 valence electrons. The number of phenols is 1. The van der Waals surface area contributed by atoms with Crippen LogP contribution in [0.15, 0.2) is 41.0 Å². The van der Waals surface area contributed by atoms with E-state index < -0.39 is 0 Å². The van der Waals surface area contributed by atoms with Gasteiger partial charge in [-0.2, -0.15) is 0 Å². The standard InChI is InChI=1S/C15H14INO3/c16-13-6-3-10(8-14(13)18)15(19)17(11-4-5-11)9-12-2-1-7-20-12/h1-3,6-8,11,18H,4-5,9H2. The van der Waals surface area contributed by atoms with E-state index in [2.05, 4.69) is 0 Å². The molecule has 1 aliphatic rings. The van der Waals surface area contributed by atoms with E-state index in [1.54, 1.807) is 18.4 Å². The van der Waals surface area contributed by atoms with Gasteiger partial charge in [-0.15, -0.1) is 0 Å². The van der Waals surface area contributed by atoms with Crippen LogP contribution in [-0.2, 0) is 6.54 Å². The highest BCUT2D eigenvalue weighted by Gasteiger charge is 2.33. The monoisotopic (exact) mass is 383 g/mol. The van der Waals surface area contributed by atoms with Crippen molar-refractivity contribution in [3.63, 3.8) is 0 Å². The largest absolute Gasteiger partial charge is 0.507 e. The lowest BCUT2D eigenvalue weighted by molar-refractivity contribution is 0.0717. The number of rotatable bonds is 4. The molecule has 3 rings (SSSR count). The van der Waals surface area contributed by atoms with Gasteiger partial charge in [0.25, 0.3) is 5.91 Å². The maximum atomic E-state index is 12.6. The minimum atomic E-state index is -0.0596. The minimum Gasteiger partial charge on any atom is -0.507 e. The van der Waals surface area contributed by atoms with Crippen molar-refractivity contribution in [2.24, 2.45) is 0 Å². The highest BCUT2D eigenvalue weighted by molar-refractivity contribution is 14.1. The quantitative estimate of drug-likeness (QED) is 0.824. The van der Waals surface area contributed by atoms with E-state index in [1.165, 1.54) is 6.07 Å². The summed E-state index contributed by atoms with van der Waals surface area (Å²) >= 11 is 2.04. The number of carbonyl (C=O) groups is 1. The third-order valence-electron chi connectivity index (χ3n) is 3.35. The Morgan fingerprint density at radius 3 is 2.80 bits per heavy atom. The van der Waals surface area contributed by atoms with Crippen molar-refractivity contribution in [1.29, 1.82) is 0 Å². The fourth-order valence-electron chi connectivity index (χ4n) is 2.13. The fourth-order valence-corrected chi connectivity index (χ4v) is 2.47. The summed E-state index contributed by atoms with van der Waals surface area (Å²) in [5.41, 5.74) is 0.515. The van der Waals surface area contributed by atoms with Gasteiger partial charge in [0, 0.05) is 11.6 Å². The molecule has 0 spiro atoms. The predicted octanol–water partition coefficient (Wildman–Crippen LogP) is 3.39. The van der Waals surface area contributed by atoms with E-state index in [0.29, 0.717) is 12.1 Å². The Hall–Kier alpha value is -1.50. The summed E-state index contributed by atoms with van der Waals surface area (Å²) in [6.45, 7) is 0.475. The molecule has 0 atom stereocenters. The Kier molecular flexibility index (Phi) is 3.69. The van der Waals surface area contributed by atoms with Crippen molar-refractivity contribution in [3.05, 3.63) is 51.5 Å². The van der Waals surface area contributed by atoms with Crippen LogP contribution in [0, 0.1) is 3.57 Å². The van der Waals surface area contributed by atoms with Gasteiger partial charge >= 0.3 is 0 Å². The molecular weight excluding hydrogens is 369 g/mol. The molecule has 4 nitrogen and oxygen atoms in total. The molecule has 1 amide bonds. The third kappa shape index (κ3) is 2.82. The summed E-state index contributed by atoms with van der Waals surface area (Å²) in [4.78, 5) is 14.4. The number of nitrogens with zero attached hydrogens (tertiary/aromatic N) is 1. The van der Waals surface area contributed by atoms with Crippen LogP contribution in [0.3, 0.4) is 0 Å². The van der Waals surface area contributed by atoms with E-state index in [9.17, 15) is 9.90 Å². The van der Waals surface area contributed by atoms with Gasteiger partial charge in [0.15, 0.2) is 0 Å². The summed E-state index contributed by atoms with van der Waals surface area (Å²) < 4.78 is 6.07. The van der Waals surface area contributed by atoms with Gasteiger partial charge < -0.3 is 14.4 Å². The maximum Gasteiger partial charge on any atom is 0.254 e. The fraction of sp³-hybridized carbons (Fsp3) is 0.267. The van der Waals surface area contributed by atoms with Gasteiger partial charge in [0.1, 0.15) is 11.5 Å². The van der Waals surface area contributed by atoms with Crippen LogP contribution in [0.2, 0.25) is 0 Å². The molecule has 0 radical (unpaired) electrons. The third-order valence-corrected chi connectivity index (χ3v) is 4.26. The smallest absolute Gasteiger partial charge is 0.254 e. The number of carbonyl (C=O) groups excluding carboxylic acids is 1. The SMILES string of the molecule is O=C(c1ccc(I)c(O)c1)N(Cc1ccco1)C1CC1. The van der Waals surface area contributed by atoms with E-state index in [1.807, 2.05) is 39.6 Å². The van der Waals surface area contributed by atoms with Crippen molar-refractivity contribution in [2.75, 3.05) is 0 Å². The number of hydrogen-bond acceptors (Lipinski definition) is 3. The van der Waals surface area contributed by atoms with E-state index in [-0.39, 0.29) is 17.7 Å². The number of hydrogen-bond donors (Lipinski definition) is 1. The molecule has 1 fully saturated rings. The molecule has 0 bridgehead atoms. The molecule has 1 aliphatic carbocycles. The molecule has 1 aromatic heterocycles. The lowest BCUT2D eigenvalue weighted by Crippen LogP contribution is -2.32. The lowest BCUT2D eigenvalue weighted by Gasteiger charge is -2.21. The molecule has 20 heavy (non-hydrogen) atoms.